The summed E-state index contributed by atoms with van der Waals surface area (Å²) in [5, 5.41) is 9.20. The van der Waals surface area contributed by atoms with Crippen LogP contribution in [-0.2, 0) is 11.3 Å². The van der Waals surface area contributed by atoms with Gasteiger partial charge in [0.25, 0.3) is 0 Å². The summed E-state index contributed by atoms with van der Waals surface area (Å²) in [5.41, 5.74) is 0.609. The van der Waals surface area contributed by atoms with Crippen LogP contribution in [0.5, 0.6) is 0 Å². The molecule has 150 valence electrons. The predicted octanol–water partition coefficient (Wildman–Crippen LogP) is 3.48. The lowest BCUT2D eigenvalue weighted by Crippen LogP contribution is -2.39. The summed E-state index contributed by atoms with van der Waals surface area (Å²) in [6, 6.07) is 2.01. The van der Waals surface area contributed by atoms with Crippen LogP contribution in [0.4, 0.5) is 4.79 Å². The van der Waals surface area contributed by atoms with E-state index in [4.69, 9.17) is 9.15 Å². The molecule has 0 saturated heterocycles. The van der Waals surface area contributed by atoms with Crippen molar-refractivity contribution in [1.29, 1.82) is 0 Å². The van der Waals surface area contributed by atoms with Gasteiger partial charge in [0, 0.05) is 25.2 Å². The second-order valence-electron chi connectivity index (χ2n) is 6.84. The number of halogens is 1. The monoisotopic (exact) mass is 480 g/mol. The minimum absolute atomic E-state index is 0. The van der Waals surface area contributed by atoms with E-state index in [9.17, 15) is 4.79 Å². The summed E-state index contributed by atoms with van der Waals surface area (Å²) in [4.78, 5) is 16.1. The normalized spacial score (nSPS) is 11.5. The van der Waals surface area contributed by atoms with Crippen molar-refractivity contribution in [2.24, 2.45) is 4.99 Å². The summed E-state index contributed by atoms with van der Waals surface area (Å²) < 4.78 is 10.7. The molecular formula is C18H33IN4O3. The quantitative estimate of drug-likeness (QED) is 0.241. The third-order valence-electron chi connectivity index (χ3n) is 3.21. The Morgan fingerprint density at radius 1 is 1.19 bits per heavy atom. The van der Waals surface area contributed by atoms with E-state index in [1.54, 1.807) is 0 Å². The Hall–Kier alpha value is -1.45. The van der Waals surface area contributed by atoms with Gasteiger partial charge in [-0.3, -0.25) is 0 Å². The maximum Gasteiger partial charge on any atom is 0.407 e. The number of carbonyl (C=O) groups excluding carboxylic acids is 1. The van der Waals surface area contributed by atoms with Crippen molar-refractivity contribution in [3.05, 3.63) is 23.2 Å². The first-order chi connectivity index (χ1) is 11.7. The zero-order chi connectivity index (χ0) is 18.9. The van der Waals surface area contributed by atoms with E-state index in [0.29, 0.717) is 19.6 Å². The van der Waals surface area contributed by atoms with Gasteiger partial charge in [0.05, 0.1) is 6.54 Å². The lowest BCUT2D eigenvalue weighted by Gasteiger charge is -2.19. The molecule has 0 aliphatic heterocycles. The van der Waals surface area contributed by atoms with Gasteiger partial charge in [-0.1, -0.05) is 0 Å². The number of alkyl carbamates (subject to hydrolysis) is 1. The maximum atomic E-state index is 11.6. The van der Waals surface area contributed by atoms with Gasteiger partial charge in [-0.25, -0.2) is 9.79 Å². The average molecular weight is 480 g/mol. The third kappa shape index (κ3) is 10.5. The fourth-order valence-corrected chi connectivity index (χ4v) is 2.15. The Morgan fingerprint density at radius 3 is 2.38 bits per heavy atom. The second-order valence-corrected chi connectivity index (χ2v) is 6.84. The van der Waals surface area contributed by atoms with Crippen molar-refractivity contribution < 1.29 is 13.9 Å². The molecule has 0 saturated carbocycles. The van der Waals surface area contributed by atoms with E-state index in [2.05, 4.69) is 20.9 Å². The number of hydrogen-bond donors (Lipinski definition) is 3. The molecule has 1 aromatic rings. The van der Waals surface area contributed by atoms with Crippen molar-refractivity contribution in [3.8, 4) is 0 Å². The third-order valence-corrected chi connectivity index (χ3v) is 3.21. The van der Waals surface area contributed by atoms with Crippen LogP contribution in [0.3, 0.4) is 0 Å². The lowest BCUT2D eigenvalue weighted by molar-refractivity contribution is 0.0527. The molecule has 1 heterocycles. The van der Waals surface area contributed by atoms with Gasteiger partial charge in [0.1, 0.15) is 17.1 Å². The minimum atomic E-state index is -0.475. The van der Waals surface area contributed by atoms with Crippen LogP contribution >= 0.6 is 24.0 Å². The molecule has 8 heteroatoms. The molecule has 0 bridgehead atoms. The molecule has 0 aromatic carbocycles. The first kappa shape index (κ1) is 24.6. The summed E-state index contributed by atoms with van der Waals surface area (Å²) >= 11 is 0. The van der Waals surface area contributed by atoms with Crippen molar-refractivity contribution in [1.82, 2.24) is 16.0 Å². The largest absolute Gasteiger partial charge is 0.466 e. The highest BCUT2D eigenvalue weighted by Gasteiger charge is 2.15. The number of rotatable bonds is 7. The Labute approximate surface area is 173 Å². The highest BCUT2D eigenvalue weighted by Crippen LogP contribution is 2.14. The topological polar surface area (TPSA) is 87.9 Å². The summed E-state index contributed by atoms with van der Waals surface area (Å²) in [7, 11) is 0. The molecule has 3 N–H and O–H groups in total. The van der Waals surface area contributed by atoms with E-state index in [0.717, 1.165) is 36.0 Å². The van der Waals surface area contributed by atoms with Crippen LogP contribution in [0, 0.1) is 13.8 Å². The minimum Gasteiger partial charge on any atom is -0.466 e. The van der Waals surface area contributed by atoms with Gasteiger partial charge in [-0.05, 0) is 54.0 Å². The van der Waals surface area contributed by atoms with Gasteiger partial charge in [-0.2, -0.15) is 0 Å². The first-order valence-electron chi connectivity index (χ1n) is 8.76. The zero-order valence-electron chi connectivity index (χ0n) is 16.7. The molecule has 1 amide bonds. The van der Waals surface area contributed by atoms with Gasteiger partial charge in [0.15, 0.2) is 5.96 Å². The van der Waals surface area contributed by atoms with Crippen LogP contribution in [-0.4, -0.2) is 37.3 Å². The fraction of sp³-hybridized carbons (Fsp3) is 0.667. The van der Waals surface area contributed by atoms with Gasteiger partial charge in [0.2, 0.25) is 0 Å². The first-order valence-corrected chi connectivity index (χ1v) is 8.76. The molecule has 26 heavy (non-hydrogen) atoms. The number of hydrogen-bond acceptors (Lipinski definition) is 4. The standard InChI is InChI=1S/C18H32N4O3.HI/c1-7-19-16(22-12-15-11-13(2)24-14(15)3)20-9-8-10-21-17(23)25-18(4,5)6;/h11H,7-10,12H2,1-6H3,(H,21,23)(H2,19,20,22);1H. The Morgan fingerprint density at radius 2 is 1.85 bits per heavy atom. The molecule has 0 radical (unpaired) electrons. The van der Waals surface area contributed by atoms with Crippen LogP contribution in [0.1, 0.15) is 51.2 Å². The molecule has 0 aliphatic carbocycles. The number of aryl methyl sites for hydroxylation is 2. The van der Waals surface area contributed by atoms with Crippen LogP contribution in [0.25, 0.3) is 0 Å². The lowest BCUT2D eigenvalue weighted by atomic mass is 10.2. The summed E-state index contributed by atoms with van der Waals surface area (Å²) in [5.74, 6) is 2.55. The number of nitrogens with zero attached hydrogens (tertiary/aromatic N) is 1. The average Bonchev–Trinajstić information content (AvgIpc) is 2.80. The summed E-state index contributed by atoms with van der Waals surface area (Å²) in [6.07, 6.45) is 0.381. The Balaban J connectivity index is 0.00000625. The Bertz CT molecular complexity index is 579. The SMILES string of the molecule is CCNC(=NCc1cc(C)oc1C)NCCCNC(=O)OC(C)(C)C.I. The Kier molecular flexibility index (Phi) is 11.4. The van der Waals surface area contributed by atoms with Crippen molar-refractivity contribution in [3.63, 3.8) is 0 Å². The molecule has 0 fully saturated rings. The van der Waals surface area contributed by atoms with Gasteiger partial charge >= 0.3 is 6.09 Å². The molecule has 7 nitrogen and oxygen atoms in total. The molecule has 1 aromatic heterocycles. The van der Waals surface area contributed by atoms with Crippen LogP contribution in [0.15, 0.2) is 15.5 Å². The smallest absolute Gasteiger partial charge is 0.407 e. The predicted molar refractivity (Wildman–Crippen MR) is 115 cm³/mol. The fourth-order valence-electron chi connectivity index (χ4n) is 2.15. The number of amides is 1. The van der Waals surface area contributed by atoms with Crippen molar-refractivity contribution >= 4 is 36.0 Å². The van der Waals surface area contributed by atoms with Gasteiger partial charge in [-0.15, -0.1) is 24.0 Å². The van der Waals surface area contributed by atoms with Gasteiger partial charge < -0.3 is 25.1 Å². The number of carbonyl (C=O) groups is 1. The van der Waals surface area contributed by atoms with Crippen LogP contribution in [0.2, 0.25) is 0 Å². The molecule has 1 rings (SSSR count). The molecule has 0 aliphatic rings. The number of nitrogens with one attached hydrogen (secondary N) is 3. The molecule has 0 unspecified atom stereocenters. The molecular weight excluding hydrogens is 447 g/mol. The van der Waals surface area contributed by atoms with E-state index >= 15 is 0 Å². The summed E-state index contributed by atoms with van der Waals surface area (Å²) in [6.45, 7) is 14.0. The van der Waals surface area contributed by atoms with E-state index < -0.39 is 5.60 Å². The highest BCUT2D eigenvalue weighted by atomic mass is 127. The second kappa shape index (κ2) is 12.0. The maximum absolute atomic E-state index is 11.6. The number of guanidine groups is 1. The van der Waals surface area contributed by atoms with E-state index in [1.165, 1.54) is 0 Å². The van der Waals surface area contributed by atoms with Crippen molar-refractivity contribution in [2.75, 3.05) is 19.6 Å². The number of aliphatic imine (C=N–C) groups is 1. The highest BCUT2D eigenvalue weighted by molar-refractivity contribution is 14.0. The number of ether oxygens (including phenoxy) is 1. The van der Waals surface area contributed by atoms with Crippen molar-refractivity contribution in [2.45, 2.75) is 60.1 Å². The number of furan rings is 1. The van der Waals surface area contributed by atoms with E-state index in [-0.39, 0.29) is 30.1 Å². The zero-order valence-corrected chi connectivity index (χ0v) is 19.0. The van der Waals surface area contributed by atoms with Crippen LogP contribution < -0.4 is 16.0 Å². The molecule has 0 spiro atoms. The van der Waals surface area contributed by atoms with E-state index in [1.807, 2.05) is 47.6 Å². The molecule has 0 atom stereocenters.